The summed E-state index contributed by atoms with van der Waals surface area (Å²) in [6, 6.07) is 1.51. The molecule has 120 valence electrons. The summed E-state index contributed by atoms with van der Waals surface area (Å²) in [5, 5.41) is 0.254. The number of aryl methyl sites for hydroxylation is 1. The minimum absolute atomic E-state index is 0.228. The molecule has 0 saturated carbocycles. The van der Waals surface area contributed by atoms with E-state index in [0.29, 0.717) is 10.4 Å². The molecule has 1 aromatic rings. The number of sulfonamides is 1. The van der Waals surface area contributed by atoms with E-state index in [2.05, 4.69) is 4.72 Å². The van der Waals surface area contributed by atoms with Crippen molar-refractivity contribution >= 4 is 42.2 Å². The van der Waals surface area contributed by atoms with Gasteiger partial charge in [0.05, 0.1) is 18.1 Å². The first-order chi connectivity index (χ1) is 9.54. The van der Waals surface area contributed by atoms with Gasteiger partial charge >= 0.3 is 5.97 Å². The summed E-state index contributed by atoms with van der Waals surface area (Å²) in [7, 11) is -7.14. The molecule has 0 saturated heterocycles. The molecular weight excluding hydrogens is 338 g/mol. The topological polar surface area (TPSA) is 107 Å². The van der Waals surface area contributed by atoms with Crippen molar-refractivity contribution in [3.8, 4) is 0 Å². The highest BCUT2D eigenvalue weighted by atomic mass is 32.2. The van der Waals surface area contributed by atoms with E-state index in [1.165, 1.54) is 6.07 Å². The van der Waals surface area contributed by atoms with Gasteiger partial charge < -0.3 is 4.74 Å². The summed E-state index contributed by atoms with van der Waals surface area (Å²) in [5.41, 5.74) is 0.597. The second-order valence-corrected chi connectivity index (χ2v) is 9.55. The minimum Gasteiger partial charge on any atom is -0.462 e. The summed E-state index contributed by atoms with van der Waals surface area (Å²) in [4.78, 5) is 12.0. The third-order valence-corrected chi connectivity index (χ3v) is 6.10. The maximum absolute atomic E-state index is 11.8. The Hall–Kier alpha value is -1.13. The van der Waals surface area contributed by atoms with Gasteiger partial charge in [-0.1, -0.05) is 0 Å². The first-order valence-electron chi connectivity index (χ1n) is 6.00. The van der Waals surface area contributed by atoms with Gasteiger partial charge in [-0.05, 0) is 25.5 Å². The maximum atomic E-state index is 11.8. The third-order valence-electron chi connectivity index (χ3n) is 2.36. The third kappa shape index (κ3) is 6.02. The Morgan fingerprint density at radius 1 is 1.29 bits per heavy atom. The predicted molar refractivity (Wildman–Crippen MR) is 82.1 cm³/mol. The Morgan fingerprint density at radius 2 is 1.90 bits per heavy atom. The van der Waals surface area contributed by atoms with Crippen molar-refractivity contribution in [2.24, 2.45) is 0 Å². The van der Waals surface area contributed by atoms with Crippen molar-refractivity contribution in [2.75, 3.05) is 29.1 Å². The summed E-state index contributed by atoms with van der Waals surface area (Å²) in [6.45, 7) is 3.57. The van der Waals surface area contributed by atoms with Crippen LogP contribution in [0.3, 0.4) is 0 Å². The second-order valence-electron chi connectivity index (χ2n) is 4.39. The average Bonchev–Trinajstić information content (AvgIpc) is 2.66. The van der Waals surface area contributed by atoms with Gasteiger partial charge in [0, 0.05) is 6.26 Å². The monoisotopic (exact) mass is 355 g/mol. The quantitative estimate of drug-likeness (QED) is 0.732. The zero-order valence-electron chi connectivity index (χ0n) is 11.9. The number of esters is 1. The van der Waals surface area contributed by atoms with Crippen LogP contribution in [0.5, 0.6) is 0 Å². The van der Waals surface area contributed by atoms with Crippen LogP contribution in [0.4, 0.5) is 5.00 Å². The standard InChI is InChI=1S/C11H17NO6S3/c1-4-18-11(13)10-8(2)7-9(19-10)12-21(16,17)6-5-20(3,14)15/h7,12H,4-6H2,1-3H3. The number of rotatable bonds is 7. The van der Waals surface area contributed by atoms with Crippen LogP contribution in [-0.4, -0.2) is 47.2 Å². The second kappa shape index (κ2) is 6.75. The Balaban J connectivity index is 2.84. The fourth-order valence-electron chi connectivity index (χ4n) is 1.40. The number of thiophene rings is 1. The lowest BCUT2D eigenvalue weighted by Crippen LogP contribution is -2.21. The van der Waals surface area contributed by atoms with E-state index in [-0.39, 0.29) is 11.6 Å². The van der Waals surface area contributed by atoms with E-state index < -0.39 is 37.3 Å². The highest BCUT2D eigenvalue weighted by molar-refractivity contribution is 7.95. The number of hydrogen-bond acceptors (Lipinski definition) is 7. The molecule has 7 nitrogen and oxygen atoms in total. The molecule has 0 aromatic carbocycles. The van der Waals surface area contributed by atoms with E-state index in [9.17, 15) is 21.6 Å². The van der Waals surface area contributed by atoms with Crippen molar-refractivity contribution in [1.29, 1.82) is 0 Å². The average molecular weight is 355 g/mol. The number of carbonyl (C=O) groups excluding carboxylic acids is 1. The molecule has 1 heterocycles. The van der Waals surface area contributed by atoms with Crippen LogP contribution in [0.15, 0.2) is 6.07 Å². The van der Waals surface area contributed by atoms with Crippen molar-refractivity contribution in [3.63, 3.8) is 0 Å². The van der Waals surface area contributed by atoms with Crippen LogP contribution >= 0.6 is 11.3 Å². The fourth-order valence-corrected chi connectivity index (χ4v) is 5.32. The van der Waals surface area contributed by atoms with Gasteiger partial charge in [-0.3, -0.25) is 4.72 Å². The van der Waals surface area contributed by atoms with E-state index in [1.807, 2.05) is 0 Å². The molecule has 0 atom stereocenters. The smallest absolute Gasteiger partial charge is 0.348 e. The minimum atomic E-state index is -3.78. The summed E-state index contributed by atoms with van der Waals surface area (Å²) in [6.07, 6.45) is 0.969. The Bertz CT molecular complexity index is 717. The molecule has 0 bridgehead atoms. The number of hydrogen-bond donors (Lipinski definition) is 1. The molecule has 0 unspecified atom stereocenters. The van der Waals surface area contributed by atoms with Gasteiger partial charge in [0.25, 0.3) is 0 Å². The molecular formula is C11H17NO6S3. The lowest BCUT2D eigenvalue weighted by atomic mass is 10.3. The van der Waals surface area contributed by atoms with Crippen LogP contribution in [0, 0.1) is 6.92 Å². The highest BCUT2D eigenvalue weighted by Crippen LogP contribution is 2.28. The van der Waals surface area contributed by atoms with E-state index >= 15 is 0 Å². The fraction of sp³-hybridized carbons (Fsp3) is 0.545. The van der Waals surface area contributed by atoms with Crippen molar-refractivity contribution in [3.05, 3.63) is 16.5 Å². The molecule has 0 aliphatic carbocycles. The molecule has 1 N–H and O–H groups in total. The summed E-state index contributed by atoms with van der Waals surface area (Å²) >= 11 is 0.954. The van der Waals surface area contributed by atoms with Gasteiger partial charge in [-0.15, -0.1) is 11.3 Å². The van der Waals surface area contributed by atoms with E-state index in [4.69, 9.17) is 4.74 Å². The Labute approximate surface area is 128 Å². The van der Waals surface area contributed by atoms with Gasteiger partial charge in [-0.25, -0.2) is 21.6 Å². The largest absolute Gasteiger partial charge is 0.462 e. The zero-order chi connectivity index (χ0) is 16.3. The normalized spacial score (nSPS) is 12.1. The molecule has 1 aromatic heterocycles. The zero-order valence-corrected chi connectivity index (χ0v) is 14.3. The maximum Gasteiger partial charge on any atom is 0.348 e. The number of sulfone groups is 1. The van der Waals surface area contributed by atoms with Crippen molar-refractivity contribution in [1.82, 2.24) is 0 Å². The molecule has 0 aliphatic heterocycles. The number of nitrogens with one attached hydrogen (secondary N) is 1. The van der Waals surface area contributed by atoms with Crippen molar-refractivity contribution in [2.45, 2.75) is 13.8 Å². The van der Waals surface area contributed by atoms with E-state index in [0.717, 1.165) is 17.6 Å². The number of anilines is 1. The molecule has 0 amide bonds. The van der Waals surface area contributed by atoms with Crippen LogP contribution in [0.1, 0.15) is 22.2 Å². The first kappa shape index (κ1) is 17.9. The van der Waals surface area contributed by atoms with Gasteiger partial charge in [0.15, 0.2) is 0 Å². The lowest BCUT2D eigenvalue weighted by Gasteiger charge is -2.04. The van der Waals surface area contributed by atoms with Crippen LogP contribution in [-0.2, 0) is 24.6 Å². The van der Waals surface area contributed by atoms with Gasteiger partial charge in [0.1, 0.15) is 19.7 Å². The highest BCUT2D eigenvalue weighted by Gasteiger charge is 2.19. The summed E-state index contributed by atoms with van der Waals surface area (Å²) < 4.78 is 52.7. The molecule has 1 rings (SSSR count). The Morgan fingerprint density at radius 3 is 2.43 bits per heavy atom. The van der Waals surface area contributed by atoms with E-state index in [1.54, 1.807) is 13.8 Å². The molecule has 0 spiro atoms. The van der Waals surface area contributed by atoms with Crippen LogP contribution < -0.4 is 4.72 Å². The number of ether oxygens (including phenoxy) is 1. The number of carbonyl (C=O) groups is 1. The molecule has 21 heavy (non-hydrogen) atoms. The SMILES string of the molecule is CCOC(=O)c1sc(NS(=O)(=O)CCS(C)(=O)=O)cc1C. The Kier molecular flexibility index (Phi) is 5.76. The van der Waals surface area contributed by atoms with Gasteiger partial charge in [-0.2, -0.15) is 0 Å². The van der Waals surface area contributed by atoms with Crippen LogP contribution in [0.2, 0.25) is 0 Å². The van der Waals surface area contributed by atoms with Crippen LogP contribution in [0.25, 0.3) is 0 Å². The molecule has 10 heteroatoms. The summed E-state index contributed by atoms with van der Waals surface area (Å²) in [5.74, 6) is -1.50. The molecule has 0 aliphatic rings. The van der Waals surface area contributed by atoms with Gasteiger partial charge in [0.2, 0.25) is 10.0 Å². The molecule has 0 fully saturated rings. The predicted octanol–water partition coefficient (Wildman–Crippen LogP) is 1.02. The molecule has 0 radical (unpaired) electrons. The van der Waals surface area contributed by atoms with Crippen molar-refractivity contribution < 1.29 is 26.4 Å². The lowest BCUT2D eigenvalue weighted by molar-refractivity contribution is 0.0531. The first-order valence-corrected chi connectivity index (χ1v) is 10.5.